The number of aryl methyl sites for hydroxylation is 1. The molecule has 0 saturated carbocycles. The summed E-state index contributed by atoms with van der Waals surface area (Å²) in [4.78, 5) is 0. The van der Waals surface area contributed by atoms with Gasteiger partial charge >= 0.3 is 0 Å². The summed E-state index contributed by atoms with van der Waals surface area (Å²) in [6.45, 7) is 5.90. The van der Waals surface area contributed by atoms with Crippen molar-refractivity contribution in [1.82, 2.24) is 0 Å². The van der Waals surface area contributed by atoms with Crippen molar-refractivity contribution >= 4 is 5.69 Å². The maximum Gasteiger partial charge on any atom is 0.146 e. The highest BCUT2D eigenvalue weighted by atomic mass is 19.1. The molecule has 1 aliphatic rings. The van der Waals surface area contributed by atoms with Crippen molar-refractivity contribution in [2.45, 2.75) is 32.4 Å². The lowest BCUT2D eigenvalue weighted by Gasteiger charge is -2.28. The summed E-state index contributed by atoms with van der Waals surface area (Å²) in [6.07, 6.45) is 0. The maximum absolute atomic E-state index is 14.0. The van der Waals surface area contributed by atoms with Gasteiger partial charge in [0.05, 0.1) is 11.7 Å². The van der Waals surface area contributed by atoms with E-state index in [0.717, 1.165) is 16.9 Å². The van der Waals surface area contributed by atoms with Gasteiger partial charge in [-0.05, 0) is 44.5 Å². The number of ether oxygens (including phenoxy) is 1. The molecule has 0 aromatic heterocycles. The predicted molar refractivity (Wildman–Crippen MR) is 78.6 cm³/mol. The van der Waals surface area contributed by atoms with Gasteiger partial charge in [-0.3, -0.25) is 0 Å². The Morgan fingerprint density at radius 2 is 1.90 bits per heavy atom. The average molecular weight is 271 g/mol. The smallest absolute Gasteiger partial charge is 0.146 e. The van der Waals surface area contributed by atoms with Crippen LogP contribution in [0.5, 0.6) is 5.75 Å². The molecule has 1 N–H and O–H groups in total. The largest absolute Gasteiger partial charge is 0.485 e. The van der Waals surface area contributed by atoms with Gasteiger partial charge < -0.3 is 10.1 Å². The van der Waals surface area contributed by atoms with E-state index in [1.807, 2.05) is 51.1 Å². The number of halogens is 1. The normalized spacial score (nSPS) is 19.3. The summed E-state index contributed by atoms with van der Waals surface area (Å²) in [6, 6.07) is 13.0. The molecule has 1 unspecified atom stereocenters. The van der Waals surface area contributed by atoms with Crippen LogP contribution < -0.4 is 10.1 Å². The fourth-order valence-corrected chi connectivity index (χ4v) is 2.67. The molecule has 1 atom stereocenters. The lowest BCUT2D eigenvalue weighted by molar-refractivity contribution is 0.118. The highest BCUT2D eigenvalue weighted by molar-refractivity contribution is 5.53. The van der Waals surface area contributed by atoms with E-state index in [1.54, 1.807) is 6.07 Å². The number of hydrogen-bond donors (Lipinski definition) is 1. The third kappa shape index (κ3) is 2.13. The maximum atomic E-state index is 14.0. The Labute approximate surface area is 118 Å². The molecule has 0 bridgehead atoms. The van der Waals surface area contributed by atoms with E-state index in [2.05, 4.69) is 5.32 Å². The zero-order chi connectivity index (χ0) is 14.3. The molecule has 0 fully saturated rings. The second-order valence-corrected chi connectivity index (χ2v) is 5.80. The molecule has 1 aliphatic heterocycles. The van der Waals surface area contributed by atoms with Crippen LogP contribution >= 0.6 is 0 Å². The Hall–Kier alpha value is -2.03. The van der Waals surface area contributed by atoms with Crippen LogP contribution in [0, 0.1) is 12.7 Å². The lowest BCUT2D eigenvalue weighted by atomic mass is 9.94. The second-order valence-electron chi connectivity index (χ2n) is 5.80. The summed E-state index contributed by atoms with van der Waals surface area (Å²) in [7, 11) is 0. The molecule has 2 aromatic carbocycles. The summed E-state index contributed by atoms with van der Waals surface area (Å²) >= 11 is 0. The Kier molecular flexibility index (Phi) is 2.93. The first-order valence-corrected chi connectivity index (χ1v) is 6.78. The van der Waals surface area contributed by atoms with Crippen LogP contribution in [0.15, 0.2) is 42.5 Å². The van der Waals surface area contributed by atoms with Crippen molar-refractivity contribution in [3.05, 3.63) is 59.4 Å². The first-order chi connectivity index (χ1) is 9.47. The molecule has 2 nitrogen and oxygen atoms in total. The Bertz CT molecular complexity index is 651. The van der Waals surface area contributed by atoms with E-state index < -0.39 is 5.60 Å². The van der Waals surface area contributed by atoms with Crippen LogP contribution in [0.3, 0.4) is 0 Å². The fraction of sp³-hybridized carbons (Fsp3) is 0.294. The van der Waals surface area contributed by atoms with E-state index in [1.165, 1.54) is 6.07 Å². The Morgan fingerprint density at radius 1 is 1.15 bits per heavy atom. The number of benzene rings is 2. The van der Waals surface area contributed by atoms with E-state index in [4.69, 9.17) is 4.74 Å². The van der Waals surface area contributed by atoms with Gasteiger partial charge in [0.15, 0.2) is 0 Å². The number of fused-ring (bicyclic) bond motifs is 1. The predicted octanol–water partition coefficient (Wildman–Crippen LogP) is 4.46. The van der Waals surface area contributed by atoms with Gasteiger partial charge in [0.25, 0.3) is 0 Å². The quantitative estimate of drug-likeness (QED) is 0.870. The van der Waals surface area contributed by atoms with Gasteiger partial charge in [-0.2, -0.15) is 0 Å². The minimum Gasteiger partial charge on any atom is -0.485 e. The highest BCUT2D eigenvalue weighted by Crippen LogP contribution is 2.44. The Morgan fingerprint density at radius 3 is 2.65 bits per heavy atom. The molecule has 0 spiro atoms. The molecule has 104 valence electrons. The van der Waals surface area contributed by atoms with Gasteiger partial charge in [0, 0.05) is 5.56 Å². The van der Waals surface area contributed by atoms with E-state index >= 15 is 0 Å². The van der Waals surface area contributed by atoms with Crippen LogP contribution in [0.1, 0.15) is 31.0 Å². The van der Waals surface area contributed by atoms with Crippen LogP contribution in [-0.4, -0.2) is 5.60 Å². The van der Waals surface area contributed by atoms with Gasteiger partial charge in [-0.1, -0.05) is 24.3 Å². The molecule has 3 rings (SSSR count). The van der Waals surface area contributed by atoms with Crippen molar-refractivity contribution in [2.75, 3.05) is 5.32 Å². The lowest BCUT2D eigenvalue weighted by Crippen LogP contribution is -2.35. The summed E-state index contributed by atoms with van der Waals surface area (Å²) in [5.74, 6) is 0.632. The van der Waals surface area contributed by atoms with Gasteiger partial charge in [-0.15, -0.1) is 0 Å². The van der Waals surface area contributed by atoms with Crippen LogP contribution in [0.25, 0.3) is 0 Å². The zero-order valence-electron chi connectivity index (χ0n) is 11.9. The van der Waals surface area contributed by atoms with E-state index in [-0.39, 0.29) is 11.9 Å². The molecule has 20 heavy (non-hydrogen) atoms. The molecule has 0 saturated heterocycles. The van der Waals surface area contributed by atoms with E-state index in [9.17, 15) is 4.39 Å². The van der Waals surface area contributed by atoms with Crippen molar-refractivity contribution in [2.24, 2.45) is 0 Å². The van der Waals surface area contributed by atoms with Crippen molar-refractivity contribution in [3.8, 4) is 5.75 Å². The molecule has 3 heteroatoms. The first kappa shape index (κ1) is 13.0. The second kappa shape index (κ2) is 4.51. The van der Waals surface area contributed by atoms with Crippen LogP contribution in [-0.2, 0) is 0 Å². The summed E-state index contributed by atoms with van der Waals surface area (Å²) in [5.41, 5.74) is 2.07. The minimum atomic E-state index is -0.416. The number of anilines is 1. The number of hydrogen-bond acceptors (Lipinski definition) is 2. The molecule has 1 heterocycles. The van der Waals surface area contributed by atoms with Crippen LogP contribution in [0.4, 0.5) is 10.1 Å². The minimum absolute atomic E-state index is 0.0732. The van der Waals surface area contributed by atoms with Crippen molar-refractivity contribution in [3.63, 3.8) is 0 Å². The summed E-state index contributed by atoms with van der Waals surface area (Å²) in [5, 5.41) is 3.28. The molecular formula is C17H18FNO. The standard InChI is InChI=1S/C17H18FNO/c1-11-8-9-14(13(18)10-11)19-16-12-6-4-5-7-15(12)20-17(16,2)3/h4-10,16,19H,1-3H3. The topological polar surface area (TPSA) is 21.3 Å². The van der Waals surface area contributed by atoms with Crippen molar-refractivity contribution in [1.29, 1.82) is 0 Å². The van der Waals surface area contributed by atoms with Gasteiger partial charge in [-0.25, -0.2) is 4.39 Å². The first-order valence-electron chi connectivity index (χ1n) is 6.78. The summed E-state index contributed by atoms with van der Waals surface area (Å²) < 4.78 is 20.0. The van der Waals surface area contributed by atoms with Gasteiger partial charge in [0.2, 0.25) is 0 Å². The molecular weight excluding hydrogens is 253 g/mol. The molecule has 0 amide bonds. The van der Waals surface area contributed by atoms with Crippen LogP contribution in [0.2, 0.25) is 0 Å². The van der Waals surface area contributed by atoms with E-state index in [0.29, 0.717) is 5.69 Å². The van der Waals surface area contributed by atoms with Crippen molar-refractivity contribution < 1.29 is 9.13 Å². The zero-order valence-corrected chi connectivity index (χ0v) is 11.9. The molecule has 0 aliphatic carbocycles. The monoisotopic (exact) mass is 271 g/mol. The molecule has 2 aromatic rings. The number of rotatable bonds is 2. The average Bonchev–Trinajstić information content (AvgIpc) is 2.63. The third-order valence-corrected chi connectivity index (χ3v) is 3.72. The highest BCUT2D eigenvalue weighted by Gasteiger charge is 2.41. The molecule has 0 radical (unpaired) electrons. The number of nitrogens with one attached hydrogen (secondary N) is 1. The Balaban J connectivity index is 1.97. The third-order valence-electron chi connectivity index (χ3n) is 3.72. The fourth-order valence-electron chi connectivity index (χ4n) is 2.67. The number of para-hydroxylation sites is 1. The van der Waals surface area contributed by atoms with Gasteiger partial charge in [0.1, 0.15) is 17.2 Å². The SMILES string of the molecule is Cc1ccc(NC2c3ccccc3OC2(C)C)c(F)c1.